The second kappa shape index (κ2) is 37.7. The topological polar surface area (TPSA) is 413 Å². The number of methoxy groups -OCH3 is 2. The van der Waals surface area contributed by atoms with Gasteiger partial charge in [0.25, 0.3) is 0 Å². The largest absolute Gasteiger partial charge is 0.478 e. The maximum Gasteiger partial charge on any atom is 0.337 e. The Bertz CT molecular complexity index is 2720. The molecule has 5 aromatic carbocycles. The van der Waals surface area contributed by atoms with Gasteiger partial charge in [0.15, 0.2) is 0 Å². The molecule has 0 bridgehead atoms. The number of carboxylic acids is 3. The van der Waals surface area contributed by atoms with Crippen LogP contribution >= 0.6 is 21.4 Å². The number of hydrogen-bond acceptors (Lipinski definition) is 18. The summed E-state index contributed by atoms with van der Waals surface area (Å²) in [6, 6.07) is 29.5. The van der Waals surface area contributed by atoms with Crippen LogP contribution in [0.1, 0.15) is 59.2 Å². The van der Waals surface area contributed by atoms with E-state index in [1.54, 1.807) is 36.4 Å². The third-order valence-corrected chi connectivity index (χ3v) is 8.79. The summed E-state index contributed by atoms with van der Waals surface area (Å²) >= 11 is 0. The van der Waals surface area contributed by atoms with E-state index in [4.69, 9.17) is 41.2 Å². The molecule has 0 aliphatic heterocycles. The molecule has 0 saturated heterocycles. The van der Waals surface area contributed by atoms with Crippen LogP contribution in [0.25, 0.3) is 0 Å². The van der Waals surface area contributed by atoms with Crippen molar-refractivity contribution < 1.29 is 88.4 Å². The number of carboxylic acid groups (broad SMARTS) is 3. The molecule has 73 heavy (non-hydrogen) atoms. The number of carbonyl (C=O) groups is 5. The van der Waals surface area contributed by atoms with Crippen molar-refractivity contribution in [2.75, 3.05) is 72.8 Å². The van der Waals surface area contributed by atoms with Crippen LogP contribution in [-0.2, 0) is 48.8 Å². The molecule has 0 aliphatic rings. The number of carbonyl (C=O) groups excluding carboxylic acids is 2. The van der Waals surface area contributed by atoms with Gasteiger partial charge in [-0.05, 0) is 121 Å². The van der Waals surface area contributed by atoms with Gasteiger partial charge in [0.2, 0.25) is 39.3 Å². The van der Waals surface area contributed by atoms with Gasteiger partial charge in [0.1, 0.15) is 0 Å². The lowest BCUT2D eigenvalue weighted by Crippen LogP contribution is -2.09. The summed E-state index contributed by atoms with van der Waals surface area (Å²) in [7, 11) is 2.09. The van der Waals surface area contributed by atoms with E-state index in [2.05, 4.69) is 45.0 Å². The summed E-state index contributed by atoms with van der Waals surface area (Å²) in [6.07, 6.45) is 3.11. The molecule has 5 rings (SSSR count). The van der Waals surface area contributed by atoms with Crippen molar-refractivity contribution in [1.82, 2.24) is 0 Å². The Morgan fingerprint density at radius 1 is 0.438 bits per heavy atom. The maximum atomic E-state index is 11.0. The third-order valence-electron chi connectivity index (χ3n) is 6.97. The van der Waals surface area contributed by atoms with Crippen LogP contribution in [0.5, 0.6) is 0 Å². The lowest BCUT2D eigenvalue weighted by atomic mass is 10.2. The quantitative estimate of drug-likeness (QED) is 0.0457. The number of nitrogen functional groups attached to an aromatic ring is 2. The highest BCUT2D eigenvalue weighted by atomic mass is 36.0. The molecule has 0 aromatic heterocycles. The van der Waals surface area contributed by atoms with E-state index in [1.165, 1.54) is 99.1 Å². The fourth-order valence-electron chi connectivity index (χ4n) is 4.16. The number of halogens is 2. The molecule has 0 spiro atoms. The van der Waals surface area contributed by atoms with E-state index in [1.807, 2.05) is 0 Å². The number of aliphatic hydroxyl groups excluding tert-OH is 2. The smallest absolute Gasteiger partial charge is 0.337 e. The standard InChI is InChI=1S/C9H11NO4S.2C8H9NO4S.C8H9NO2.C7H7NO2.2CH4O.CH4.Cl2OS/c1-14-9(11)7-3-5-8(6-4-7)10-15(2,12)13;2*1-14(12,13)9-7-4-2-6(3-5-7)8(10)11;1-11-8(10)6-2-4-7(9)5-3-6;8-6-3-1-5(2-4-6)7(9)10;2*1-2;;1-4(2)3/h3-6,10H,1-2H3;2*2-5,9H,1H3,(H,10,11);2-5H,9H2,1H3;1-4H,8H2,(H,9,10);2*2H,1H3;1H4;. The van der Waals surface area contributed by atoms with Crippen LogP contribution in [0.2, 0.25) is 0 Å². The molecule has 0 aliphatic carbocycles. The van der Waals surface area contributed by atoms with E-state index >= 15 is 0 Å². The number of hydrogen-bond donors (Lipinski definition) is 10. The minimum absolute atomic E-state index is 0. The number of nitrogens with two attached hydrogens (primary N) is 2. The Morgan fingerprint density at radius 3 is 0.767 bits per heavy atom. The predicted octanol–water partition coefficient (Wildman–Crippen LogP) is 5.28. The number of benzene rings is 5. The zero-order chi connectivity index (χ0) is 56.4. The molecule has 0 unspecified atom stereocenters. The predicted molar refractivity (Wildman–Crippen MR) is 283 cm³/mol. The molecular weight excluding hydrogens is 1090 g/mol. The third kappa shape index (κ3) is 38.3. The van der Waals surface area contributed by atoms with E-state index < -0.39 is 63.2 Å². The second-order valence-corrected chi connectivity index (χ2v) is 20.5. The summed E-state index contributed by atoms with van der Waals surface area (Å²) in [5.41, 5.74) is 14.4. The Labute approximate surface area is 434 Å². The van der Waals surface area contributed by atoms with Crippen molar-refractivity contribution in [3.63, 3.8) is 0 Å². The maximum absolute atomic E-state index is 11.0. The minimum atomic E-state index is -3.31. The van der Waals surface area contributed by atoms with Gasteiger partial charge in [-0.2, -0.15) is 0 Å². The van der Waals surface area contributed by atoms with E-state index in [0.717, 1.165) is 33.0 Å². The molecule has 30 heteroatoms. The van der Waals surface area contributed by atoms with Gasteiger partial charge < -0.3 is 46.5 Å². The van der Waals surface area contributed by atoms with Crippen molar-refractivity contribution in [2.24, 2.45) is 0 Å². The van der Waals surface area contributed by atoms with Crippen LogP contribution in [0.4, 0.5) is 28.4 Å². The Balaban J connectivity index is -0.000000394. The summed E-state index contributed by atoms with van der Waals surface area (Å²) in [5, 5.41) is 39.6. The molecule has 0 fully saturated rings. The van der Waals surface area contributed by atoms with Gasteiger partial charge in [0.05, 0.1) is 60.8 Å². The SMILES string of the molecule is C.CO.CO.COC(=O)c1ccc(N)cc1.COC(=O)c1ccc(NS(C)(=O)=O)cc1.CS(=O)(=O)Nc1ccc(C(=O)O)cc1.CS(=O)(=O)Nc1ccc(C(=O)O)cc1.Nc1ccc(C(=O)O)cc1.O=S(Cl)Cl. The summed E-state index contributed by atoms with van der Waals surface area (Å²) in [4.78, 5) is 53.1. The number of ether oxygens (including phenoxy) is 2. The lowest BCUT2D eigenvalue weighted by molar-refractivity contribution is 0.0592. The average Bonchev–Trinajstić information content (AvgIpc) is 3.30. The number of aromatic carboxylic acids is 3. The van der Waals surface area contributed by atoms with Crippen molar-refractivity contribution >= 4 is 119 Å². The first kappa shape index (κ1) is 72.5. The van der Waals surface area contributed by atoms with Crippen molar-refractivity contribution in [2.45, 2.75) is 7.43 Å². The summed E-state index contributed by atoms with van der Waals surface area (Å²) in [6.45, 7) is 0. The van der Waals surface area contributed by atoms with Crippen LogP contribution in [0.3, 0.4) is 0 Å². The van der Waals surface area contributed by atoms with E-state index in [-0.39, 0.29) is 30.1 Å². The molecular formula is C43H57Cl2N5O19S4. The van der Waals surface area contributed by atoms with Gasteiger partial charge >= 0.3 is 29.8 Å². The van der Waals surface area contributed by atoms with E-state index in [0.29, 0.717) is 39.6 Å². The van der Waals surface area contributed by atoms with Crippen LogP contribution < -0.4 is 25.6 Å². The fourth-order valence-corrected chi connectivity index (χ4v) is 5.85. The monoisotopic (exact) mass is 1150 g/mol. The molecule has 24 nitrogen and oxygen atoms in total. The highest BCUT2D eigenvalue weighted by Gasteiger charge is 2.08. The lowest BCUT2D eigenvalue weighted by Gasteiger charge is -2.04. The first-order chi connectivity index (χ1) is 33.4. The minimum Gasteiger partial charge on any atom is -0.478 e. The van der Waals surface area contributed by atoms with Gasteiger partial charge in [0, 0.05) is 64.0 Å². The van der Waals surface area contributed by atoms with E-state index in [9.17, 15) is 49.2 Å². The molecule has 5 aromatic rings. The fraction of sp³-hybridized carbons (Fsp3) is 0.186. The first-order valence-electron chi connectivity index (χ1n) is 18.8. The van der Waals surface area contributed by atoms with Crippen LogP contribution in [0.15, 0.2) is 121 Å². The number of rotatable bonds is 11. The number of anilines is 5. The van der Waals surface area contributed by atoms with Gasteiger partial charge in [-0.25, -0.2) is 53.4 Å². The Morgan fingerprint density at radius 2 is 0.603 bits per heavy atom. The highest BCUT2D eigenvalue weighted by molar-refractivity contribution is 8.26. The number of nitrogens with one attached hydrogen (secondary N) is 3. The summed E-state index contributed by atoms with van der Waals surface area (Å²) < 4.78 is 89.7. The molecule has 12 N–H and O–H groups in total. The Hall–Kier alpha value is -7.05. The molecule has 406 valence electrons. The molecule has 0 saturated carbocycles. The molecule has 0 radical (unpaired) electrons. The van der Waals surface area contributed by atoms with Crippen LogP contribution in [0, 0.1) is 0 Å². The van der Waals surface area contributed by atoms with Crippen molar-refractivity contribution in [3.8, 4) is 0 Å². The van der Waals surface area contributed by atoms with Gasteiger partial charge in [-0.3, -0.25) is 14.2 Å². The molecule has 0 atom stereocenters. The highest BCUT2D eigenvalue weighted by Crippen LogP contribution is 2.13. The first-order valence-corrected chi connectivity index (χ1v) is 27.3. The van der Waals surface area contributed by atoms with Crippen molar-refractivity contribution in [3.05, 3.63) is 149 Å². The zero-order valence-electron chi connectivity index (χ0n) is 39.0. The van der Waals surface area contributed by atoms with Gasteiger partial charge in [-0.1, -0.05) is 7.43 Å². The number of aliphatic hydroxyl groups is 2. The molecule has 0 amide bonds. The van der Waals surface area contributed by atoms with Gasteiger partial charge in [-0.15, -0.1) is 0 Å². The molecule has 0 heterocycles. The summed E-state index contributed by atoms with van der Waals surface area (Å²) in [5.74, 6) is -3.82. The zero-order valence-corrected chi connectivity index (χ0v) is 43.8. The van der Waals surface area contributed by atoms with Crippen LogP contribution in [-0.4, -0.2) is 132 Å². The Kier molecular flexibility index (Phi) is 37.4. The van der Waals surface area contributed by atoms with Crippen molar-refractivity contribution in [1.29, 1.82) is 0 Å². The second-order valence-electron chi connectivity index (χ2n) is 12.7. The number of sulfonamides is 3. The number of esters is 2. The average molecular weight is 1150 g/mol. The normalized spacial score (nSPS) is 9.70.